The van der Waals surface area contributed by atoms with Crippen molar-refractivity contribution in [2.24, 2.45) is 10.9 Å². The summed E-state index contributed by atoms with van der Waals surface area (Å²) in [5.74, 6) is 1.90. The van der Waals surface area contributed by atoms with E-state index in [1.807, 2.05) is 18.2 Å². The van der Waals surface area contributed by atoms with Crippen LogP contribution >= 0.6 is 0 Å². The van der Waals surface area contributed by atoms with Gasteiger partial charge >= 0.3 is 0 Å². The van der Waals surface area contributed by atoms with Gasteiger partial charge in [0.15, 0.2) is 5.96 Å². The largest absolute Gasteiger partial charge is 0.497 e. The highest BCUT2D eigenvalue weighted by Gasteiger charge is 2.23. The molecule has 144 valence electrons. The first-order chi connectivity index (χ1) is 13.2. The lowest BCUT2D eigenvalue weighted by molar-refractivity contribution is 0.415. The van der Waals surface area contributed by atoms with E-state index >= 15 is 0 Å². The molecule has 2 aromatic carbocycles. The van der Waals surface area contributed by atoms with Crippen LogP contribution in [0.25, 0.3) is 0 Å². The number of nitrogens with zero attached hydrogens (tertiary/aromatic N) is 2. The van der Waals surface area contributed by atoms with Crippen LogP contribution < -0.4 is 20.3 Å². The summed E-state index contributed by atoms with van der Waals surface area (Å²) in [6.45, 7) is 3.26. The average molecular weight is 370 g/mol. The lowest BCUT2D eigenvalue weighted by atomic mass is 10.1. The molecular weight excluding hydrogens is 343 g/mol. The van der Waals surface area contributed by atoms with Gasteiger partial charge in [0.25, 0.3) is 0 Å². The van der Waals surface area contributed by atoms with E-state index in [0.29, 0.717) is 24.0 Å². The van der Waals surface area contributed by atoms with Gasteiger partial charge in [-0.2, -0.15) is 0 Å². The van der Waals surface area contributed by atoms with Crippen molar-refractivity contribution in [1.29, 1.82) is 0 Å². The molecule has 1 atom stereocenters. The Morgan fingerprint density at radius 1 is 1.22 bits per heavy atom. The second-order valence-corrected chi connectivity index (χ2v) is 6.70. The molecule has 0 amide bonds. The molecule has 1 heterocycles. The minimum Gasteiger partial charge on any atom is -0.497 e. The number of halogens is 1. The van der Waals surface area contributed by atoms with Crippen molar-refractivity contribution in [3.63, 3.8) is 0 Å². The summed E-state index contributed by atoms with van der Waals surface area (Å²) in [6, 6.07) is 15.0. The molecule has 0 saturated carbocycles. The van der Waals surface area contributed by atoms with Crippen LogP contribution in [0.1, 0.15) is 12.0 Å². The molecule has 2 aromatic rings. The van der Waals surface area contributed by atoms with Gasteiger partial charge in [-0.1, -0.05) is 24.3 Å². The molecule has 1 aliphatic heterocycles. The Morgan fingerprint density at radius 2 is 2.07 bits per heavy atom. The van der Waals surface area contributed by atoms with E-state index in [1.54, 1.807) is 26.3 Å². The third-order valence-corrected chi connectivity index (χ3v) is 4.89. The number of guanidine groups is 1. The standard InChI is InChI=1S/C21H27FN4O/c1-23-21(25-14-17-6-3-4-9-20(17)22)24-13-16-10-11-26(15-16)18-7-5-8-19(12-18)27-2/h3-9,12,16H,10-11,13-15H2,1-2H3,(H2,23,24,25). The van der Waals surface area contributed by atoms with Gasteiger partial charge in [-0.05, 0) is 30.5 Å². The topological polar surface area (TPSA) is 48.9 Å². The van der Waals surface area contributed by atoms with E-state index < -0.39 is 0 Å². The van der Waals surface area contributed by atoms with Crippen molar-refractivity contribution in [2.45, 2.75) is 13.0 Å². The van der Waals surface area contributed by atoms with E-state index in [1.165, 1.54) is 11.8 Å². The molecule has 3 rings (SSSR count). The third-order valence-electron chi connectivity index (χ3n) is 4.89. The fraction of sp³-hybridized carbons (Fsp3) is 0.381. The first-order valence-corrected chi connectivity index (χ1v) is 9.26. The fourth-order valence-electron chi connectivity index (χ4n) is 3.32. The van der Waals surface area contributed by atoms with Gasteiger partial charge in [-0.25, -0.2) is 4.39 Å². The SMILES string of the molecule is CN=C(NCc1ccccc1F)NCC1CCN(c2cccc(OC)c2)C1. The quantitative estimate of drug-likeness (QED) is 0.606. The Hall–Kier alpha value is -2.76. The molecule has 0 bridgehead atoms. The van der Waals surface area contributed by atoms with Gasteiger partial charge in [0.1, 0.15) is 11.6 Å². The van der Waals surface area contributed by atoms with Crippen LogP contribution in [0, 0.1) is 11.7 Å². The maximum absolute atomic E-state index is 13.7. The van der Waals surface area contributed by atoms with Crippen LogP contribution in [0.3, 0.4) is 0 Å². The van der Waals surface area contributed by atoms with E-state index in [9.17, 15) is 4.39 Å². The van der Waals surface area contributed by atoms with Crippen LogP contribution in [0.4, 0.5) is 10.1 Å². The first-order valence-electron chi connectivity index (χ1n) is 9.26. The van der Waals surface area contributed by atoms with Crippen molar-refractivity contribution in [1.82, 2.24) is 10.6 Å². The Balaban J connectivity index is 1.47. The van der Waals surface area contributed by atoms with Gasteiger partial charge in [0.2, 0.25) is 0 Å². The second kappa shape index (κ2) is 9.26. The summed E-state index contributed by atoms with van der Waals surface area (Å²) in [7, 11) is 3.42. The van der Waals surface area contributed by atoms with Gasteiger partial charge in [-0.3, -0.25) is 4.99 Å². The molecule has 1 aliphatic rings. The number of rotatable bonds is 6. The number of hydrogen-bond donors (Lipinski definition) is 2. The molecule has 0 aromatic heterocycles. The van der Waals surface area contributed by atoms with Gasteiger partial charge in [0.05, 0.1) is 7.11 Å². The second-order valence-electron chi connectivity index (χ2n) is 6.70. The number of hydrogen-bond acceptors (Lipinski definition) is 3. The average Bonchev–Trinajstić information content (AvgIpc) is 3.18. The van der Waals surface area contributed by atoms with E-state index in [-0.39, 0.29) is 5.82 Å². The van der Waals surface area contributed by atoms with Gasteiger partial charge < -0.3 is 20.3 Å². The zero-order valence-electron chi connectivity index (χ0n) is 15.9. The monoisotopic (exact) mass is 370 g/mol. The highest BCUT2D eigenvalue weighted by molar-refractivity contribution is 5.79. The van der Waals surface area contributed by atoms with Crippen LogP contribution in [-0.2, 0) is 6.54 Å². The third kappa shape index (κ3) is 5.12. The predicted molar refractivity (Wildman–Crippen MR) is 108 cm³/mol. The summed E-state index contributed by atoms with van der Waals surface area (Å²) >= 11 is 0. The van der Waals surface area contributed by atoms with Crippen LogP contribution in [0.5, 0.6) is 5.75 Å². The molecule has 1 saturated heterocycles. The first kappa shape index (κ1) is 19.0. The highest BCUT2D eigenvalue weighted by Crippen LogP contribution is 2.26. The molecule has 1 unspecified atom stereocenters. The summed E-state index contributed by atoms with van der Waals surface area (Å²) in [5, 5.41) is 6.54. The Kier molecular flexibility index (Phi) is 6.52. The van der Waals surface area contributed by atoms with Crippen molar-refractivity contribution in [3.8, 4) is 5.75 Å². The molecule has 0 aliphatic carbocycles. The van der Waals surface area contributed by atoms with E-state index in [2.05, 4.69) is 32.7 Å². The lowest BCUT2D eigenvalue weighted by Gasteiger charge is -2.20. The Labute approximate surface area is 160 Å². The zero-order valence-corrected chi connectivity index (χ0v) is 15.9. The van der Waals surface area contributed by atoms with Crippen molar-refractivity contribution < 1.29 is 9.13 Å². The molecule has 6 heteroatoms. The Morgan fingerprint density at radius 3 is 2.85 bits per heavy atom. The summed E-state index contributed by atoms with van der Waals surface area (Å²) < 4.78 is 19.0. The summed E-state index contributed by atoms with van der Waals surface area (Å²) in [4.78, 5) is 6.61. The zero-order chi connectivity index (χ0) is 19.1. The Bertz CT molecular complexity index is 780. The summed E-state index contributed by atoms with van der Waals surface area (Å²) in [6.07, 6.45) is 1.12. The number of benzene rings is 2. The fourth-order valence-corrected chi connectivity index (χ4v) is 3.32. The van der Waals surface area contributed by atoms with Crippen LogP contribution in [0.2, 0.25) is 0 Å². The smallest absolute Gasteiger partial charge is 0.191 e. The number of nitrogens with one attached hydrogen (secondary N) is 2. The summed E-state index contributed by atoms with van der Waals surface area (Å²) in [5.41, 5.74) is 1.82. The predicted octanol–water partition coefficient (Wildman–Crippen LogP) is 3.03. The van der Waals surface area contributed by atoms with Crippen molar-refractivity contribution in [3.05, 3.63) is 59.9 Å². The molecule has 1 fully saturated rings. The van der Waals surface area contributed by atoms with Gasteiger partial charge in [0, 0.05) is 50.5 Å². The van der Waals surface area contributed by atoms with Crippen LogP contribution in [-0.4, -0.2) is 39.8 Å². The molecule has 27 heavy (non-hydrogen) atoms. The van der Waals surface area contributed by atoms with Crippen molar-refractivity contribution in [2.75, 3.05) is 38.7 Å². The molecule has 0 spiro atoms. The maximum Gasteiger partial charge on any atom is 0.191 e. The molecule has 5 nitrogen and oxygen atoms in total. The molecular formula is C21H27FN4O. The maximum atomic E-state index is 13.7. The van der Waals surface area contributed by atoms with Crippen molar-refractivity contribution >= 4 is 11.6 Å². The molecule has 0 radical (unpaired) electrons. The number of ether oxygens (including phenoxy) is 1. The lowest BCUT2D eigenvalue weighted by Crippen LogP contribution is -2.40. The van der Waals surface area contributed by atoms with Gasteiger partial charge in [-0.15, -0.1) is 0 Å². The number of methoxy groups -OCH3 is 1. The number of anilines is 1. The minimum atomic E-state index is -0.204. The van der Waals surface area contributed by atoms with E-state index in [0.717, 1.165) is 31.8 Å². The normalized spacial score (nSPS) is 17.1. The van der Waals surface area contributed by atoms with Crippen LogP contribution in [0.15, 0.2) is 53.5 Å². The highest BCUT2D eigenvalue weighted by atomic mass is 19.1. The number of aliphatic imine (C=N–C) groups is 1. The minimum absolute atomic E-state index is 0.204. The van der Waals surface area contributed by atoms with E-state index in [4.69, 9.17) is 4.74 Å². The molecule has 2 N–H and O–H groups in total.